The first-order chi connectivity index (χ1) is 8.29. The summed E-state index contributed by atoms with van der Waals surface area (Å²) in [5, 5.41) is 3.32. The van der Waals surface area contributed by atoms with Gasteiger partial charge in [-0.1, -0.05) is 18.2 Å². The molecule has 0 saturated heterocycles. The summed E-state index contributed by atoms with van der Waals surface area (Å²) in [6.45, 7) is 7.50. The van der Waals surface area contributed by atoms with Crippen LogP contribution in [-0.2, 0) is 4.74 Å². The molecule has 3 heteroatoms. The normalized spacial score (nSPS) is 10.8. The van der Waals surface area contributed by atoms with E-state index in [1.54, 1.807) is 0 Å². The van der Waals surface area contributed by atoms with E-state index in [0.717, 1.165) is 38.5 Å². The Labute approximate surface area is 104 Å². The molecule has 0 heterocycles. The fraction of sp³-hybridized carbons (Fsp3) is 0.571. The Hall–Kier alpha value is -1.06. The van der Waals surface area contributed by atoms with E-state index in [2.05, 4.69) is 5.32 Å². The number of hydrogen-bond donors (Lipinski definition) is 1. The fourth-order valence-electron chi connectivity index (χ4n) is 1.40. The second kappa shape index (κ2) is 9.02. The Kier molecular flexibility index (Phi) is 7.43. The molecule has 0 bridgehead atoms. The van der Waals surface area contributed by atoms with E-state index in [4.69, 9.17) is 9.47 Å². The standard InChI is InChI=1S/C14H23NO2/c1-13(2)16-12-10-15-9-6-11-17-14-7-4-3-5-8-14/h3-5,7-8,13,15H,6,9-12H2,1-2H3. The highest BCUT2D eigenvalue weighted by Crippen LogP contribution is 2.07. The van der Waals surface area contributed by atoms with Crippen molar-refractivity contribution in [3.63, 3.8) is 0 Å². The zero-order valence-corrected chi connectivity index (χ0v) is 10.8. The second-order valence-electron chi connectivity index (χ2n) is 4.18. The van der Waals surface area contributed by atoms with Crippen molar-refractivity contribution in [2.24, 2.45) is 0 Å². The molecular weight excluding hydrogens is 214 g/mol. The molecule has 1 rings (SSSR count). The van der Waals surface area contributed by atoms with Crippen LogP contribution in [0.15, 0.2) is 30.3 Å². The van der Waals surface area contributed by atoms with E-state index in [0.29, 0.717) is 6.10 Å². The Morgan fingerprint density at radius 3 is 2.53 bits per heavy atom. The van der Waals surface area contributed by atoms with Crippen molar-refractivity contribution in [1.29, 1.82) is 0 Å². The summed E-state index contributed by atoms with van der Waals surface area (Å²) >= 11 is 0. The van der Waals surface area contributed by atoms with Crippen molar-refractivity contribution < 1.29 is 9.47 Å². The lowest BCUT2D eigenvalue weighted by molar-refractivity contribution is 0.0807. The SMILES string of the molecule is CC(C)OCCNCCCOc1ccccc1. The van der Waals surface area contributed by atoms with Crippen LogP contribution in [0.3, 0.4) is 0 Å². The van der Waals surface area contributed by atoms with Gasteiger partial charge in [0.15, 0.2) is 0 Å². The van der Waals surface area contributed by atoms with E-state index in [1.807, 2.05) is 44.2 Å². The predicted octanol–water partition coefficient (Wildman–Crippen LogP) is 2.47. The molecule has 0 aromatic heterocycles. The summed E-state index contributed by atoms with van der Waals surface area (Å²) in [7, 11) is 0. The van der Waals surface area contributed by atoms with E-state index >= 15 is 0 Å². The van der Waals surface area contributed by atoms with Gasteiger partial charge < -0.3 is 14.8 Å². The zero-order chi connectivity index (χ0) is 12.3. The molecule has 3 nitrogen and oxygen atoms in total. The molecule has 1 aromatic carbocycles. The molecule has 0 spiro atoms. The highest BCUT2D eigenvalue weighted by atomic mass is 16.5. The maximum atomic E-state index is 5.58. The summed E-state index contributed by atoms with van der Waals surface area (Å²) < 4.78 is 11.0. The Bertz CT molecular complexity index is 275. The zero-order valence-electron chi connectivity index (χ0n) is 10.8. The average Bonchev–Trinajstić information content (AvgIpc) is 2.33. The number of para-hydroxylation sites is 1. The number of hydrogen-bond acceptors (Lipinski definition) is 3. The van der Waals surface area contributed by atoms with Crippen LogP contribution in [0.2, 0.25) is 0 Å². The van der Waals surface area contributed by atoms with Gasteiger partial charge in [-0.15, -0.1) is 0 Å². The van der Waals surface area contributed by atoms with Gasteiger partial charge in [-0.3, -0.25) is 0 Å². The van der Waals surface area contributed by atoms with Crippen LogP contribution in [0.5, 0.6) is 5.75 Å². The number of nitrogens with one attached hydrogen (secondary N) is 1. The van der Waals surface area contributed by atoms with Crippen molar-refractivity contribution in [2.75, 3.05) is 26.3 Å². The van der Waals surface area contributed by atoms with Gasteiger partial charge in [0.25, 0.3) is 0 Å². The first-order valence-corrected chi connectivity index (χ1v) is 6.29. The minimum Gasteiger partial charge on any atom is -0.494 e. The third-order valence-corrected chi connectivity index (χ3v) is 2.24. The smallest absolute Gasteiger partial charge is 0.119 e. The third kappa shape index (κ3) is 7.77. The fourth-order valence-corrected chi connectivity index (χ4v) is 1.40. The van der Waals surface area contributed by atoms with Crippen LogP contribution in [0.4, 0.5) is 0 Å². The van der Waals surface area contributed by atoms with Crippen molar-refractivity contribution in [1.82, 2.24) is 5.32 Å². The number of benzene rings is 1. The van der Waals surface area contributed by atoms with Gasteiger partial charge in [0.1, 0.15) is 5.75 Å². The van der Waals surface area contributed by atoms with Crippen molar-refractivity contribution in [3.05, 3.63) is 30.3 Å². The Morgan fingerprint density at radius 1 is 1.06 bits per heavy atom. The maximum Gasteiger partial charge on any atom is 0.119 e. The average molecular weight is 237 g/mol. The van der Waals surface area contributed by atoms with Gasteiger partial charge in [-0.25, -0.2) is 0 Å². The van der Waals surface area contributed by atoms with Gasteiger partial charge in [0.05, 0.1) is 19.3 Å². The number of rotatable bonds is 9. The van der Waals surface area contributed by atoms with Crippen LogP contribution in [-0.4, -0.2) is 32.4 Å². The minimum absolute atomic E-state index is 0.318. The van der Waals surface area contributed by atoms with E-state index in [9.17, 15) is 0 Å². The molecule has 0 radical (unpaired) electrons. The summed E-state index contributed by atoms with van der Waals surface area (Å²) in [6, 6.07) is 9.91. The van der Waals surface area contributed by atoms with Gasteiger partial charge in [-0.05, 0) is 38.9 Å². The molecule has 1 N–H and O–H groups in total. The highest BCUT2D eigenvalue weighted by molar-refractivity contribution is 5.20. The van der Waals surface area contributed by atoms with E-state index in [1.165, 1.54) is 0 Å². The summed E-state index contributed by atoms with van der Waals surface area (Å²) in [4.78, 5) is 0. The Morgan fingerprint density at radius 2 is 1.82 bits per heavy atom. The van der Waals surface area contributed by atoms with Gasteiger partial charge in [0.2, 0.25) is 0 Å². The number of ether oxygens (including phenoxy) is 2. The molecule has 0 aliphatic carbocycles. The molecule has 96 valence electrons. The first kappa shape index (κ1) is 14.0. The van der Waals surface area contributed by atoms with Crippen LogP contribution in [0, 0.1) is 0 Å². The van der Waals surface area contributed by atoms with E-state index in [-0.39, 0.29) is 0 Å². The minimum atomic E-state index is 0.318. The monoisotopic (exact) mass is 237 g/mol. The van der Waals surface area contributed by atoms with Crippen LogP contribution >= 0.6 is 0 Å². The van der Waals surface area contributed by atoms with Gasteiger partial charge in [0, 0.05) is 6.54 Å². The van der Waals surface area contributed by atoms with Crippen molar-refractivity contribution in [2.45, 2.75) is 26.4 Å². The van der Waals surface area contributed by atoms with Crippen LogP contribution in [0.1, 0.15) is 20.3 Å². The van der Waals surface area contributed by atoms with Crippen LogP contribution in [0.25, 0.3) is 0 Å². The molecule has 0 amide bonds. The largest absolute Gasteiger partial charge is 0.494 e. The maximum absolute atomic E-state index is 5.58. The van der Waals surface area contributed by atoms with Gasteiger partial charge >= 0.3 is 0 Å². The van der Waals surface area contributed by atoms with Gasteiger partial charge in [-0.2, -0.15) is 0 Å². The van der Waals surface area contributed by atoms with Crippen LogP contribution < -0.4 is 10.1 Å². The summed E-state index contributed by atoms with van der Waals surface area (Å²) in [5.74, 6) is 0.940. The second-order valence-corrected chi connectivity index (χ2v) is 4.18. The molecular formula is C14H23NO2. The molecule has 0 unspecified atom stereocenters. The molecule has 0 saturated carbocycles. The lowest BCUT2D eigenvalue weighted by Gasteiger charge is -2.09. The summed E-state index contributed by atoms with van der Waals surface area (Å²) in [6.07, 6.45) is 1.33. The highest BCUT2D eigenvalue weighted by Gasteiger charge is 1.94. The predicted molar refractivity (Wildman–Crippen MR) is 70.5 cm³/mol. The molecule has 0 atom stereocenters. The first-order valence-electron chi connectivity index (χ1n) is 6.29. The third-order valence-electron chi connectivity index (χ3n) is 2.24. The molecule has 0 fully saturated rings. The summed E-state index contributed by atoms with van der Waals surface area (Å²) in [5.41, 5.74) is 0. The molecule has 17 heavy (non-hydrogen) atoms. The van der Waals surface area contributed by atoms with E-state index < -0.39 is 0 Å². The topological polar surface area (TPSA) is 30.5 Å². The lowest BCUT2D eigenvalue weighted by atomic mass is 10.3. The Balaban J connectivity index is 1.88. The quantitative estimate of drug-likeness (QED) is 0.669. The molecule has 0 aliphatic rings. The lowest BCUT2D eigenvalue weighted by Crippen LogP contribution is -2.23. The van der Waals surface area contributed by atoms with Crippen molar-refractivity contribution in [3.8, 4) is 5.75 Å². The van der Waals surface area contributed by atoms with Crippen molar-refractivity contribution >= 4 is 0 Å². The molecule has 1 aromatic rings. The molecule has 0 aliphatic heterocycles.